The Bertz CT molecular complexity index is 1190. The molecular formula is C21H18F2N4NaO. The number of hydrogen-bond acceptors (Lipinski definition) is 4. The molecule has 0 atom stereocenters. The van der Waals surface area contributed by atoms with E-state index in [1.807, 2.05) is 43.3 Å². The molecule has 2 heterocycles. The number of hydrogen-bond donors (Lipinski definition) is 1. The first-order valence-electron chi connectivity index (χ1n) is 8.67. The van der Waals surface area contributed by atoms with Crippen molar-refractivity contribution in [1.29, 1.82) is 0 Å². The van der Waals surface area contributed by atoms with Gasteiger partial charge in [0.15, 0.2) is 5.65 Å². The molecule has 4 aromatic rings. The third kappa shape index (κ3) is 3.85. The molecule has 8 heteroatoms. The van der Waals surface area contributed by atoms with Gasteiger partial charge in [0, 0.05) is 72.6 Å². The van der Waals surface area contributed by atoms with Crippen molar-refractivity contribution in [2.24, 2.45) is 0 Å². The van der Waals surface area contributed by atoms with Gasteiger partial charge in [-0.2, -0.15) is 9.61 Å². The van der Waals surface area contributed by atoms with Gasteiger partial charge in [-0.1, -0.05) is 12.1 Å². The van der Waals surface area contributed by atoms with Crippen molar-refractivity contribution in [2.75, 3.05) is 19.0 Å². The normalized spacial score (nSPS) is 10.8. The smallest absolute Gasteiger partial charge is 0.216 e. The van der Waals surface area contributed by atoms with Gasteiger partial charge in [0.2, 0.25) is 5.88 Å². The molecule has 2 aromatic heterocycles. The molecule has 0 unspecified atom stereocenters. The van der Waals surface area contributed by atoms with Crippen molar-refractivity contribution in [3.63, 3.8) is 0 Å². The van der Waals surface area contributed by atoms with Crippen LogP contribution in [0.25, 0.3) is 28.0 Å². The van der Waals surface area contributed by atoms with Gasteiger partial charge in [0.1, 0.15) is 11.6 Å². The molecule has 0 aliphatic heterocycles. The van der Waals surface area contributed by atoms with Crippen molar-refractivity contribution in [2.45, 2.75) is 6.92 Å². The van der Waals surface area contributed by atoms with Crippen LogP contribution in [0.4, 0.5) is 14.5 Å². The van der Waals surface area contributed by atoms with Crippen molar-refractivity contribution >= 4 is 40.9 Å². The van der Waals surface area contributed by atoms with Gasteiger partial charge in [-0.15, -0.1) is 0 Å². The number of nitrogens with zero attached hydrogens (tertiary/aromatic N) is 4. The molecule has 0 saturated carbocycles. The van der Waals surface area contributed by atoms with Crippen LogP contribution in [0.5, 0.6) is 5.88 Å². The third-order valence-corrected chi connectivity index (χ3v) is 4.63. The Hall–Kier alpha value is -2.48. The molecule has 1 radical (unpaired) electrons. The largest absolute Gasteiger partial charge is 0.493 e. The average Bonchev–Trinajstić information content (AvgIpc) is 2.98. The molecule has 0 saturated heterocycles. The molecule has 0 amide bonds. The molecule has 0 fully saturated rings. The quantitative estimate of drug-likeness (QED) is 0.525. The van der Waals surface area contributed by atoms with Crippen LogP contribution in [0.15, 0.2) is 48.5 Å². The molecule has 0 bridgehead atoms. The number of aryl methyl sites for hydroxylation is 1. The molecule has 0 aliphatic rings. The van der Waals surface area contributed by atoms with E-state index in [1.54, 1.807) is 6.92 Å². The van der Waals surface area contributed by atoms with Crippen LogP contribution < -0.4 is 4.90 Å². The maximum atomic E-state index is 14.4. The molecule has 0 spiro atoms. The third-order valence-electron chi connectivity index (χ3n) is 4.63. The minimum Gasteiger partial charge on any atom is -0.493 e. The zero-order valence-corrected chi connectivity index (χ0v) is 18.6. The second kappa shape index (κ2) is 8.10. The topological polar surface area (TPSA) is 53.7 Å². The summed E-state index contributed by atoms with van der Waals surface area (Å²) in [6.07, 6.45) is 0. The molecule has 143 valence electrons. The summed E-state index contributed by atoms with van der Waals surface area (Å²) in [5.74, 6) is -1.48. The molecule has 29 heavy (non-hydrogen) atoms. The Kier molecular flexibility index (Phi) is 5.93. The number of rotatable bonds is 3. The summed E-state index contributed by atoms with van der Waals surface area (Å²) in [5, 5.41) is 14.7. The second-order valence-corrected chi connectivity index (χ2v) is 6.76. The van der Waals surface area contributed by atoms with Crippen LogP contribution in [-0.4, -0.2) is 63.4 Å². The Morgan fingerprint density at radius 1 is 1.00 bits per heavy atom. The van der Waals surface area contributed by atoms with Gasteiger partial charge >= 0.3 is 0 Å². The first kappa shape index (κ1) is 21.2. The Labute approximate surface area is 188 Å². The first-order chi connectivity index (χ1) is 13.3. The van der Waals surface area contributed by atoms with Crippen molar-refractivity contribution in [3.8, 4) is 28.3 Å². The summed E-state index contributed by atoms with van der Waals surface area (Å²) < 4.78 is 29.0. The van der Waals surface area contributed by atoms with Crippen molar-refractivity contribution in [1.82, 2.24) is 14.6 Å². The SMILES string of the molecule is Cc1nn2c(O)cc(-c3ccc(N(C)C)cc3)nc2c1-c1ccc(F)cc1F.[Na]. The van der Waals surface area contributed by atoms with Gasteiger partial charge in [-0.25, -0.2) is 13.8 Å². The standard InChI is InChI=1S/C21H18F2N4O.Na/c1-12-20(16-9-6-14(22)10-17(16)23)21-24-18(11-19(28)27(21)25-12)13-4-7-15(8-5-13)26(2)3;/h4-11,28H,1-3H3;. The van der Waals surface area contributed by atoms with Gasteiger partial charge in [0.25, 0.3) is 0 Å². The predicted octanol–water partition coefficient (Wildman–Crippen LogP) is 4.04. The predicted molar refractivity (Wildman–Crippen MR) is 110 cm³/mol. The van der Waals surface area contributed by atoms with Gasteiger partial charge in [-0.3, -0.25) is 0 Å². The molecule has 5 nitrogen and oxygen atoms in total. The number of aromatic nitrogens is 3. The number of fused-ring (bicyclic) bond motifs is 1. The van der Waals surface area contributed by atoms with Crippen molar-refractivity contribution in [3.05, 3.63) is 65.9 Å². The van der Waals surface area contributed by atoms with E-state index >= 15 is 0 Å². The number of benzene rings is 2. The Balaban J connectivity index is 0.00000240. The molecule has 4 rings (SSSR count). The maximum Gasteiger partial charge on any atom is 0.216 e. The van der Waals surface area contributed by atoms with Crippen LogP contribution in [0.1, 0.15) is 5.69 Å². The van der Waals surface area contributed by atoms with E-state index in [9.17, 15) is 13.9 Å². The Morgan fingerprint density at radius 2 is 1.69 bits per heavy atom. The summed E-state index contributed by atoms with van der Waals surface area (Å²) in [6.45, 7) is 1.69. The monoisotopic (exact) mass is 403 g/mol. The number of anilines is 1. The average molecular weight is 403 g/mol. The van der Waals surface area contributed by atoms with Gasteiger partial charge < -0.3 is 10.0 Å². The van der Waals surface area contributed by atoms with Gasteiger partial charge in [-0.05, 0) is 31.2 Å². The van der Waals surface area contributed by atoms with Crippen LogP contribution in [-0.2, 0) is 0 Å². The number of aromatic hydroxyl groups is 1. The van der Waals surface area contributed by atoms with E-state index in [2.05, 4.69) is 10.1 Å². The maximum absolute atomic E-state index is 14.4. The fourth-order valence-electron chi connectivity index (χ4n) is 3.19. The van der Waals surface area contributed by atoms with Crippen LogP contribution in [0.2, 0.25) is 0 Å². The van der Waals surface area contributed by atoms with Crippen LogP contribution in [0.3, 0.4) is 0 Å². The number of halogens is 2. The van der Waals surface area contributed by atoms with Crippen LogP contribution >= 0.6 is 0 Å². The van der Waals surface area contributed by atoms with E-state index in [-0.39, 0.29) is 41.0 Å². The zero-order chi connectivity index (χ0) is 20.0. The fraction of sp³-hybridized carbons (Fsp3) is 0.143. The zero-order valence-electron chi connectivity index (χ0n) is 16.6. The summed E-state index contributed by atoms with van der Waals surface area (Å²) in [5.41, 5.74) is 3.73. The summed E-state index contributed by atoms with van der Waals surface area (Å²) in [7, 11) is 3.90. The van der Waals surface area contributed by atoms with Crippen LogP contribution in [0, 0.1) is 18.6 Å². The molecule has 0 aliphatic carbocycles. The molecule has 2 aromatic carbocycles. The van der Waals surface area contributed by atoms with E-state index in [0.29, 0.717) is 22.6 Å². The minimum absolute atomic E-state index is 0. The van der Waals surface area contributed by atoms with E-state index in [0.717, 1.165) is 17.3 Å². The van der Waals surface area contributed by atoms with Crippen molar-refractivity contribution < 1.29 is 13.9 Å². The summed E-state index contributed by atoms with van der Waals surface area (Å²) in [6, 6.07) is 12.6. The van der Waals surface area contributed by atoms with E-state index in [4.69, 9.17) is 0 Å². The second-order valence-electron chi connectivity index (χ2n) is 6.76. The van der Waals surface area contributed by atoms with Gasteiger partial charge in [0.05, 0.1) is 17.0 Å². The van der Waals surface area contributed by atoms with E-state index < -0.39 is 11.6 Å². The minimum atomic E-state index is -0.708. The van der Waals surface area contributed by atoms with E-state index in [1.165, 1.54) is 22.7 Å². The molecular weight excluding hydrogens is 385 g/mol. The fourth-order valence-corrected chi connectivity index (χ4v) is 3.19. The first-order valence-corrected chi connectivity index (χ1v) is 8.67. The molecule has 1 N–H and O–H groups in total. The Morgan fingerprint density at radius 3 is 2.31 bits per heavy atom. The summed E-state index contributed by atoms with van der Waals surface area (Å²) >= 11 is 0. The summed E-state index contributed by atoms with van der Waals surface area (Å²) in [4.78, 5) is 6.59.